The Bertz CT molecular complexity index is 780. The third-order valence-electron chi connectivity index (χ3n) is 3.54. The summed E-state index contributed by atoms with van der Waals surface area (Å²) in [6.07, 6.45) is 2.94. The molecule has 19 heavy (non-hydrogen) atoms. The van der Waals surface area contributed by atoms with Crippen molar-refractivity contribution in [2.45, 2.75) is 6.92 Å². The summed E-state index contributed by atoms with van der Waals surface area (Å²) < 4.78 is 3.85. The molecule has 0 aliphatic heterocycles. The number of aldehydes is 1. The lowest BCUT2D eigenvalue weighted by Gasteiger charge is -2.01. The van der Waals surface area contributed by atoms with Gasteiger partial charge in [-0.1, -0.05) is 18.2 Å². The van der Waals surface area contributed by atoms with Crippen LogP contribution in [0.15, 0.2) is 30.5 Å². The van der Waals surface area contributed by atoms with E-state index in [9.17, 15) is 4.79 Å². The number of benzene rings is 1. The Morgan fingerprint density at radius 1 is 1.21 bits per heavy atom. The van der Waals surface area contributed by atoms with Gasteiger partial charge in [-0.3, -0.25) is 9.48 Å². The second-order valence-corrected chi connectivity index (χ2v) is 4.76. The summed E-state index contributed by atoms with van der Waals surface area (Å²) in [6.45, 7) is 1.86. The van der Waals surface area contributed by atoms with E-state index in [4.69, 9.17) is 0 Å². The molecule has 0 N–H and O–H groups in total. The quantitative estimate of drug-likeness (QED) is 0.659. The fourth-order valence-electron chi connectivity index (χ4n) is 2.67. The van der Waals surface area contributed by atoms with Crippen molar-refractivity contribution in [1.29, 1.82) is 0 Å². The SMILES string of the molecule is Cc1nn(C)c(-c2cn(C)c3ccccc23)c1C=O. The first-order valence-electron chi connectivity index (χ1n) is 6.16. The fraction of sp³-hybridized carbons (Fsp3) is 0.200. The van der Waals surface area contributed by atoms with E-state index in [0.717, 1.165) is 34.1 Å². The van der Waals surface area contributed by atoms with Crippen molar-refractivity contribution in [2.24, 2.45) is 14.1 Å². The Kier molecular flexibility index (Phi) is 2.52. The second kappa shape index (κ2) is 4.09. The molecule has 2 aromatic heterocycles. The Hall–Kier alpha value is -2.36. The summed E-state index contributed by atoms with van der Waals surface area (Å²) in [6, 6.07) is 8.17. The largest absolute Gasteiger partial charge is 0.350 e. The summed E-state index contributed by atoms with van der Waals surface area (Å²) >= 11 is 0. The molecule has 1 aromatic carbocycles. The highest BCUT2D eigenvalue weighted by Crippen LogP contribution is 2.32. The van der Waals surface area contributed by atoms with Gasteiger partial charge in [-0.25, -0.2) is 0 Å². The number of aryl methyl sites for hydroxylation is 3. The van der Waals surface area contributed by atoms with Crippen LogP contribution < -0.4 is 0 Å². The van der Waals surface area contributed by atoms with Crippen LogP contribution >= 0.6 is 0 Å². The number of carbonyl (C=O) groups excluding carboxylic acids is 1. The van der Waals surface area contributed by atoms with Crippen LogP contribution in [-0.4, -0.2) is 20.6 Å². The van der Waals surface area contributed by atoms with Crippen LogP contribution in [0.5, 0.6) is 0 Å². The number of nitrogens with zero attached hydrogens (tertiary/aromatic N) is 3. The van der Waals surface area contributed by atoms with Crippen LogP contribution in [0.4, 0.5) is 0 Å². The average Bonchev–Trinajstić information content (AvgIpc) is 2.87. The summed E-state index contributed by atoms with van der Waals surface area (Å²) in [5.41, 5.74) is 4.50. The van der Waals surface area contributed by atoms with E-state index in [2.05, 4.69) is 21.8 Å². The highest BCUT2D eigenvalue weighted by molar-refractivity contribution is 5.99. The maximum atomic E-state index is 11.3. The summed E-state index contributed by atoms with van der Waals surface area (Å²) in [5, 5.41) is 5.49. The predicted octanol–water partition coefficient (Wildman–Crippen LogP) is 2.70. The zero-order chi connectivity index (χ0) is 13.6. The monoisotopic (exact) mass is 253 g/mol. The number of rotatable bonds is 2. The van der Waals surface area contributed by atoms with Gasteiger partial charge in [0.1, 0.15) is 0 Å². The van der Waals surface area contributed by atoms with Gasteiger partial charge in [0.15, 0.2) is 6.29 Å². The van der Waals surface area contributed by atoms with Crippen LogP contribution in [-0.2, 0) is 14.1 Å². The van der Waals surface area contributed by atoms with Gasteiger partial charge in [0, 0.05) is 36.8 Å². The molecule has 0 amide bonds. The van der Waals surface area contributed by atoms with Crippen LogP contribution in [0.2, 0.25) is 0 Å². The topological polar surface area (TPSA) is 39.8 Å². The molecule has 0 fully saturated rings. The fourth-order valence-corrected chi connectivity index (χ4v) is 2.67. The maximum absolute atomic E-state index is 11.3. The minimum atomic E-state index is 0.666. The first-order valence-corrected chi connectivity index (χ1v) is 6.16. The highest BCUT2D eigenvalue weighted by atomic mass is 16.1. The number of hydrogen-bond acceptors (Lipinski definition) is 2. The predicted molar refractivity (Wildman–Crippen MR) is 75.2 cm³/mol. The minimum absolute atomic E-state index is 0.666. The Morgan fingerprint density at radius 3 is 2.68 bits per heavy atom. The molecule has 0 spiro atoms. The molecule has 0 radical (unpaired) electrons. The van der Waals surface area contributed by atoms with Gasteiger partial charge in [-0.15, -0.1) is 0 Å². The minimum Gasteiger partial charge on any atom is -0.350 e. The Labute approximate surface area is 111 Å². The van der Waals surface area contributed by atoms with E-state index in [0.29, 0.717) is 5.56 Å². The van der Waals surface area contributed by atoms with Crippen molar-refractivity contribution >= 4 is 17.2 Å². The lowest BCUT2D eigenvalue weighted by molar-refractivity contribution is 0.112. The molecule has 4 heteroatoms. The third kappa shape index (κ3) is 1.60. The van der Waals surface area contributed by atoms with Crippen molar-refractivity contribution in [3.05, 3.63) is 41.7 Å². The van der Waals surface area contributed by atoms with Gasteiger partial charge in [-0.05, 0) is 13.0 Å². The first-order chi connectivity index (χ1) is 9.13. The van der Waals surface area contributed by atoms with Gasteiger partial charge in [0.05, 0.1) is 17.0 Å². The van der Waals surface area contributed by atoms with E-state index in [-0.39, 0.29) is 0 Å². The molecule has 0 bridgehead atoms. The van der Waals surface area contributed by atoms with Gasteiger partial charge in [-0.2, -0.15) is 5.10 Å². The number of aromatic nitrogens is 3. The first kappa shape index (κ1) is 11.7. The van der Waals surface area contributed by atoms with Crippen molar-refractivity contribution in [3.8, 4) is 11.3 Å². The summed E-state index contributed by atoms with van der Waals surface area (Å²) in [5.74, 6) is 0. The summed E-state index contributed by atoms with van der Waals surface area (Å²) in [4.78, 5) is 11.3. The van der Waals surface area contributed by atoms with Crippen LogP contribution in [0, 0.1) is 6.92 Å². The molecule has 0 saturated heterocycles. The van der Waals surface area contributed by atoms with Crippen molar-refractivity contribution in [2.75, 3.05) is 0 Å². The van der Waals surface area contributed by atoms with E-state index in [1.807, 2.05) is 39.3 Å². The number of carbonyl (C=O) groups is 1. The van der Waals surface area contributed by atoms with E-state index >= 15 is 0 Å². The van der Waals surface area contributed by atoms with Crippen molar-refractivity contribution in [1.82, 2.24) is 14.3 Å². The molecule has 96 valence electrons. The molecule has 4 nitrogen and oxygen atoms in total. The lowest BCUT2D eigenvalue weighted by atomic mass is 10.1. The van der Waals surface area contributed by atoms with Crippen molar-refractivity contribution < 1.29 is 4.79 Å². The Balaban J connectivity index is 2.40. The van der Waals surface area contributed by atoms with Crippen LogP contribution in [0.1, 0.15) is 16.1 Å². The molecular weight excluding hydrogens is 238 g/mol. The lowest BCUT2D eigenvalue weighted by Crippen LogP contribution is -1.94. The van der Waals surface area contributed by atoms with Crippen molar-refractivity contribution in [3.63, 3.8) is 0 Å². The molecule has 0 unspecified atom stereocenters. The van der Waals surface area contributed by atoms with Gasteiger partial charge < -0.3 is 4.57 Å². The molecular formula is C15H15N3O. The van der Waals surface area contributed by atoms with E-state index in [1.54, 1.807) is 4.68 Å². The normalized spacial score (nSPS) is 11.1. The number of fused-ring (bicyclic) bond motifs is 1. The molecule has 0 aliphatic rings. The molecule has 0 atom stereocenters. The molecule has 3 aromatic rings. The highest BCUT2D eigenvalue weighted by Gasteiger charge is 2.18. The standard InChI is InChI=1S/C15H15N3O/c1-10-13(9-19)15(18(3)16-10)12-8-17(2)14-7-5-4-6-11(12)14/h4-9H,1-3H3. The van der Waals surface area contributed by atoms with Gasteiger partial charge >= 0.3 is 0 Å². The Morgan fingerprint density at radius 2 is 1.95 bits per heavy atom. The summed E-state index contributed by atoms with van der Waals surface area (Å²) in [7, 11) is 3.88. The van der Waals surface area contributed by atoms with Crippen LogP contribution in [0.25, 0.3) is 22.2 Å². The van der Waals surface area contributed by atoms with Gasteiger partial charge in [0.2, 0.25) is 0 Å². The average molecular weight is 253 g/mol. The van der Waals surface area contributed by atoms with Crippen LogP contribution in [0.3, 0.4) is 0 Å². The molecule has 0 saturated carbocycles. The van der Waals surface area contributed by atoms with E-state index in [1.165, 1.54) is 0 Å². The maximum Gasteiger partial charge on any atom is 0.154 e. The number of hydrogen-bond donors (Lipinski definition) is 0. The zero-order valence-electron chi connectivity index (χ0n) is 11.2. The smallest absolute Gasteiger partial charge is 0.154 e. The van der Waals surface area contributed by atoms with Gasteiger partial charge in [0.25, 0.3) is 0 Å². The molecule has 0 aliphatic carbocycles. The molecule has 3 rings (SSSR count). The zero-order valence-corrected chi connectivity index (χ0v) is 11.2. The number of para-hydroxylation sites is 1. The second-order valence-electron chi connectivity index (χ2n) is 4.76. The third-order valence-corrected chi connectivity index (χ3v) is 3.54. The van der Waals surface area contributed by atoms with E-state index < -0.39 is 0 Å². The molecule has 2 heterocycles.